The topological polar surface area (TPSA) is 66.0 Å². The second-order valence-electron chi connectivity index (χ2n) is 9.15. The van der Waals surface area contributed by atoms with Crippen LogP contribution in [0.25, 0.3) is 0 Å². The molecule has 2 saturated heterocycles. The molecule has 0 spiro atoms. The highest BCUT2D eigenvalue weighted by Gasteiger charge is 2.41. The van der Waals surface area contributed by atoms with Crippen LogP contribution in [0, 0.1) is 11.2 Å². The van der Waals surface area contributed by atoms with Crippen molar-refractivity contribution in [1.82, 2.24) is 19.7 Å². The molecule has 8 heteroatoms. The third-order valence-corrected chi connectivity index (χ3v) is 6.57. The number of carbonyl (C=O) groups excluding carboxylic acids is 2. The van der Waals surface area contributed by atoms with Crippen molar-refractivity contribution in [2.24, 2.45) is 5.41 Å². The number of benzene rings is 1. The van der Waals surface area contributed by atoms with Gasteiger partial charge < -0.3 is 19.4 Å². The summed E-state index contributed by atoms with van der Waals surface area (Å²) in [5.41, 5.74) is -0.115. The fourth-order valence-corrected chi connectivity index (χ4v) is 4.60. The van der Waals surface area contributed by atoms with Crippen molar-refractivity contribution in [2.75, 3.05) is 52.9 Å². The standard InChI is InChI=1S/C25H31FN4O3/c1-28-13-15-29(16-14-28)23(31)17-25(19-33-21-8-6-20(26)7-9-21)10-4-12-30(18-25)24(32)22-5-2-3-11-27-22/h2-3,5-9,11H,4,10,12-19H2,1H3. The highest BCUT2D eigenvalue weighted by molar-refractivity contribution is 5.92. The van der Waals surface area contributed by atoms with E-state index in [0.717, 1.165) is 25.9 Å². The Kier molecular flexibility index (Phi) is 7.23. The number of hydrogen-bond donors (Lipinski definition) is 0. The summed E-state index contributed by atoms with van der Waals surface area (Å²) in [5, 5.41) is 0. The van der Waals surface area contributed by atoms with Crippen molar-refractivity contribution in [2.45, 2.75) is 19.3 Å². The van der Waals surface area contributed by atoms with Gasteiger partial charge in [-0.25, -0.2) is 4.39 Å². The van der Waals surface area contributed by atoms with Crippen LogP contribution in [0.3, 0.4) is 0 Å². The summed E-state index contributed by atoms with van der Waals surface area (Å²) in [6.45, 7) is 4.45. The number of halogens is 1. The zero-order chi connectivity index (χ0) is 23.3. The Balaban J connectivity index is 1.51. The van der Waals surface area contributed by atoms with E-state index in [9.17, 15) is 14.0 Å². The van der Waals surface area contributed by atoms with Crippen molar-refractivity contribution in [3.05, 3.63) is 60.2 Å². The third kappa shape index (κ3) is 5.87. The van der Waals surface area contributed by atoms with Gasteiger partial charge in [0.1, 0.15) is 17.3 Å². The summed E-state index contributed by atoms with van der Waals surface area (Å²) in [4.78, 5) is 36.5. The Morgan fingerprint density at radius 1 is 1.03 bits per heavy atom. The molecule has 0 aliphatic carbocycles. The summed E-state index contributed by atoms with van der Waals surface area (Å²) in [5.74, 6) is 0.189. The maximum Gasteiger partial charge on any atom is 0.272 e. The van der Waals surface area contributed by atoms with E-state index in [1.165, 1.54) is 12.1 Å². The van der Waals surface area contributed by atoms with Gasteiger partial charge in [0.15, 0.2) is 0 Å². The molecule has 2 aliphatic rings. The number of likely N-dealkylation sites (tertiary alicyclic amines) is 1. The number of likely N-dealkylation sites (N-methyl/N-ethyl adjacent to an activating group) is 1. The lowest BCUT2D eigenvalue weighted by Gasteiger charge is -2.43. The Morgan fingerprint density at radius 2 is 1.79 bits per heavy atom. The summed E-state index contributed by atoms with van der Waals surface area (Å²) in [7, 11) is 2.06. The van der Waals surface area contributed by atoms with E-state index in [0.29, 0.717) is 44.0 Å². The normalized spacial score (nSPS) is 21.6. The van der Waals surface area contributed by atoms with Crippen molar-refractivity contribution in [3.63, 3.8) is 0 Å². The maximum atomic E-state index is 13.3. The number of rotatable bonds is 6. The van der Waals surface area contributed by atoms with Crippen molar-refractivity contribution >= 4 is 11.8 Å². The van der Waals surface area contributed by atoms with Crippen LogP contribution in [0.5, 0.6) is 5.75 Å². The van der Waals surface area contributed by atoms with E-state index >= 15 is 0 Å². The van der Waals surface area contributed by atoms with Crippen LogP contribution in [-0.2, 0) is 4.79 Å². The van der Waals surface area contributed by atoms with Gasteiger partial charge in [-0.3, -0.25) is 14.6 Å². The van der Waals surface area contributed by atoms with Gasteiger partial charge in [0.05, 0.1) is 6.61 Å². The monoisotopic (exact) mass is 454 g/mol. The molecule has 0 saturated carbocycles. The van der Waals surface area contributed by atoms with Gasteiger partial charge in [-0.15, -0.1) is 0 Å². The lowest BCUT2D eigenvalue weighted by molar-refractivity contribution is -0.137. The van der Waals surface area contributed by atoms with E-state index in [1.807, 2.05) is 4.90 Å². The van der Waals surface area contributed by atoms with Gasteiger partial charge in [0, 0.05) is 57.3 Å². The zero-order valence-electron chi connectivity index (χ0n) is 19.1. The van der Waals surface area contributed by atoms with E-state index in [4.69, 9.17) is 4.74 Å². The summed E-state index contributed by atoms with van der Waals surface area (Å²) in [6.07, 6.45) is 3.48. The number of pyridine rings is 1. The Bertz CT molecular complexity index is 948. The molecule has 0 radical (unpaired) electrons. The Labute approximate surface area is 194 Å². The molecule has 7 nitrogen and oxygen atoms in total. The minimum atomic E-state index is -0.516. The van der Waals surface area contributed by atoms with Crippen LogP contribution < -0.4 is 4.74 Å². The number of carbonyl (C=O) groups is 2. The Morgan fingerprint density at radius 3 is 2.48 bits per heavy atom. The van der Waals surface area contributed by atoms with Gasteiger partial charge in [-0.1, -0.05) is 6.07 Å². The molecular formula is C25H31FN4O3. The van der Waals surface area contributed by atoms with Crippen LogP contribution in [0.2, 0.25) is 0 Å². The van der Waals surface area contributed by atoms with E-state index in [2.05, 4.69) is 16.9 Å². The molecule has 2 amide bonds. The van der Waals surface area contributed by atoms with Crippen molar-refractivity contribution in [3.8, 4) is 5.75 Å². The van der Waals surface area contributed by atoms with Gasteiger partial charge in [-0.2, -0.15) is 0 Å². The van der Waals surface area contributed by atoms with E-state index < -0.39 is 5.41 Å². The van der Waals surface area contributed by atoms with Gasteiger partial charge in [-0.05, 0) is 56.3 Å². The molecule has 33 heavy (non-hydrogen) atoms. The lowest BCUT2D eigenvalue weighted by Crippen LogP contribution is -2.53. The molecule has 176 valence electrons. The Hall–Kier alpha value is -3.00. The van der Waals surface area contributed by atoms with Crippen LogP contribution in [0.15, 0.2) is 48.7 Å². The average molecular weight is 455 g/mol. The minimum absolute atomic E-state index is 0.0953. The molecule has 2 fully saturated rings. The number of aromatic nitrogens is 1. The first-order chi connectivity index (χ1) is 15.9. The number of hydrogen-bond acceptors (Lipinski definition) is 5. The number of ether oxygens (including phenoxy) is 1. The minimum Gasteiger partial charge on any atom is -0.493 e. The number of piperazine rings is 1. The molecule has 1 aromatic heterocycles. The van der Waals surface area contributed by atoms with Gasteiger partial charge >= 0.3 is 0 Å². The molecular weight excluding hydrogens is 423 g/mol. The molecule has 1 aromatic carbocycles. The molecule has 1 unspecified atom stereocenters. The first kappa shape index (κ1) is 23.2. The molecule has 2 aliphatic heterocycles. The van der Waals surface area contributed by atoms with Crippen molar-refractivity contribution < 1.29 is 18.7 Å². The molecule has 0 N–H and O–H groups in total. The van der Waals surface area contributed by atoms with E-state index in [1.54, 1.807) is 41.4 Å². The van der Waals surface area contributed by atoms with Gasteiger partial charge in [0.2, 0.25) is 5.91 Å². The number of nitrogens with zero attached hydrogens (tertiary/aromatic N) is 4. The lowest BCUT2D eigenvalue weighted by atomic mass is 9.77. The summed E-state index contributed by atoms with van der Waals surface area (Å²) < 4.78 is 19.3. The van der Waals surface area contributed by atoms with Crippen LogP contribution in [-0.4, -0.2) is 84.4 Å². The van der Waals surface area contributed by atoms with Crippen LogP contribution in [0.1, 0.15) is 29.8 Å². The van der Waals surface area contributed by atoms with E-state index in [-0.39, 0.29) is 24.2 Å². The predicted octanol–water partition coefficient (Wildman–Crippen LogP) is 2.69. The molecule has 2 aromatic rings. The largest absolute Gasteiger partial charge is 0.493 e. The quantitative estimate of drug-likeness (QED) is 0.672. The molecule has 4 rings (SSSR count). The van der Waals surface area contributed by atoms with Crippen LogP contribution >= 0.6 is 0 Å². The first-order valence-electron chi connectivity index (χ1n) is 11.5. The second kappa shape index (κ2) is 10.3. The van der Waals surface area contributed by atoms with Crippen LogP contribution in [0.4, 0.5) is 4.39 Å². The number of amides is 2. The molecule has 3 heterocycles. The average Bonchev–Trinajstić information content (AvgIpc) is 2.84. The smallest absolute Gasteiger partial charge is 0.272 e. The SMILES string of the molecule is CN1CCN(C(=O)CC2(COc3ccc(F)cc3)CCCN(C(=O)c3ccccn3)C2)CC1. The molecule has 0 bridgehead atoms. The third-order valence-electron chi connectivity index (χ3n) is 6.57. The fraction of sp³-hybridized carbons (Fsp3) is 0.480. The van der Waals surface area contributed by atoms with Crippen molar-refractivity contribution in [1.29, 1.82) is 0 Å². The fourth-order valence-electron chi connectivity index (χ4n) is 4.60. The summed E-state index contributed by atoms with van der Waals surface area (Å²) >= 11 is 0. The molecule has 1 atom stereocenters. The highest BCUT2D eigenvalue weighted by Crippen LogP contribution is 2.36. The summed E-state index contributed by atoms with van der Waals surface area (Å²) in [6, 6.07) is 11.2. The highest BCUT2D eigenvalue weighted by atomic mass is 19.1. The van der Waals surface area contributed by atoms with Gasteiger partial charge in [0.25, 0.3) is 5.91 Å². The maximum absolute atomic E-state index is 13.3. The predicted molar refractivity (Wildman–Crippen MR) is 122 cm³/mol. The second-order valence-corrected chi connectivity index (χ2v) is 9.15. The number of piperidine rings is 1. The first-order valence-corrected chi connectivity index (χ1v) is 11.5. The zero-order valence-corrected chi connectivity index (χ0v) is 19.1.